The van der Waals surface area contributed by atoms with Crippen LogP contribution in [-0.2, 0) is 6.54 Å². The quantitative estimate of drug-likeness (QED) is 0.682. The van der Waals surface area contributed by atoms with Gasteiger partial charge in [-0.05, 0) is 18.2 Å². The van der Waals surface area contributed by atoms with E-state index in [1.54, 1.807) is 0 Å². The fourth-order valence-corrected chi connectivity index (χ4v) is 1.97. The molecule has 104 valence electrons. The van der Waals surface area contributed by atoms with Gasteiger partial charge in [-0.3, -0.25) is 10.1 Å². The molecule has 20 heavy (non-hydrogen) atoms. The number of rotatable bonds is 4. The smallest absolute Gasteiger partial charge is 0.275 e. The summed E-state index contributed by atoms with van der Waals surface area (Å²) in [7, 11) is 0. The molecule has 0 amide bonds. The Morgan fingerprint density at radius 3 is 2.35 bits per heavy atom. The number of hydrogen-bond acceptors (Lipinski definition) is 3. The van der Waals surface area contributed by atoms with E-state index in [1.165, 1.54) is 24.3 Å². The molecule has 0 atom stereocenters. The Hall–Kier alpha value is -2.21. The Morgan fingerprint density at radius 2 is 1.75 bits per heavy atom. The maximum Gasteiger partial charge on any atom is 0.275 e. The van der Waals surface area contributed by atoms with Crippen LogP contribution in [0.4, 0.5) is 20.2 Å². The van der Waals surface area contributed by atoms with Crippen molar-refractivity contribution in [2.24, 2.45) is 0 Å². The summed E-state index contributed by atoms with van der Waals surface area (Å²) in [6.07, 6.45) is 0. The fourth-order valence-electron chi connectivity index (χ4n) is 1.74. The van der Waals surface area contributed by atoms with Gasteiger partial charge in [0.1, 0.15) is 17.3 Å². The number of nitrogens with one attached hydrogen (secondary N) is 1. The van der Waals surface area contributed by atoms with E-state index in [0.29, 0.717) is 0 Å². The van der Waals surface area contributed by atoms with Crippen LogP contribution in [0.25, 0.3) is 0 Å². The van der Waals surface area contributed by atoms with Crippen molar-refractivity contribution in [1.82, 2.24) is 0 Å². The number of para-hydroxylation sites is 1. The minimum absolute atomic E-state index is 0.156. The predicted molar refractivity (Wildman–Crippen MR) is 71.8 cm³/mol. The summed E-state index contributed by atoms with van der Waals surface area (Å²) >= 11 is 5.89. The number of hydrogen-bond donors (Lipinski definition) is 1. The van der Waals surface area contributed by atoms with Gasteiger partial charge in [0, 0.05) is 12.6 Å². The summed E-state index contributed by atoms with van der Waals surface area (Å²) in [6.45, 7) is -0.159. The monoisotopic (exact) mass is 298 g/mol. The highest BCUT2D eigenvalue weighted by atomic mass is 35.5. The predicted octanol–water partition coefficient (Wildman–Crippen LogP) is 4.14. The molecule has 2 rings (SSSR count). The molecule has 2 aromatic rings. The second kappa shape index (κ2) is 5.83. The summed E-state index contributed by atoms with van der Waals surface area (Å²) in [5.41, 5.74) is -0.384. The largest absolute Gasteiger partial charge is 0.376 e. The summed E-state index contributed by atoms with van der Waals surface area (Å²) in [4.78, 5) is 10.3. The van der Waals surface area contributed by atoms with Crippen LogP contribution in [0, 0.1) is 21.7 Å². The van der Waals surface area contributed by atoms with Gasteiger partial charge in [-0.15, -0.1) is 0 Å². The number of nitro groups is 1. The van der Waals surface area contributed by atoms with Crippen LogP contribution >= 0.6 is 11.6 Å². The van der Waals surface area contributed by atoms with Crippen molar-refractivity contribution >= 4 is 23.0 Å². The van der Waals surface area contributed by atoms with Crippen LogP contribution in [0.3, 0.4) is 0 Å². The first-order chi connectivity index (χ1) is 9.50. The molecule has 0 aromatic heterocycles. The van der Waals surface area contributed by atoms with E-state index in [-0.39, 0.29) is 28.5 Å². The van der Waals surface area contributed by atoms with Crippen LogP contribution in [0.5, 0.6) is 0 Å². The molecular weight excluding hydrogens is 290 g/mol. The van der Waals surface area contributed by atoms with E-state index >= 15 is 0 Å². The molecule has 0 spiro atoms. The van der Waals surface area contributed by atoms with E-state index in [9.17, 15) is 18.9 Å². The van der Waals surface area contributed by atoms with E-state index in [1.807, 2.05) is 0 Å². The maximum atomic E-state index is 13.4. The molecule has 0 aliphatic carbocycles. The lowest BCUT2D eigenvalue weighted by Crippen LogP contribution is -2.06. The lowest BCUT2D eigenvalue weighted by Gasteiger charge is -2.10. The molecule has 0 aliphatic heterocycles. The third-order valence-corrected chi connectivity index (χ3v) is 3.05. The third kappa shape index (κ3) is 2.85. The van der Waals surface area contributed by atoms with Crippen LogP contribution in [0.1, 0.15) is 5.56 Å². The molecule has 0 radical (unpaired) electrons. The molecule has 0 fully saturated rings. The molecular formula is C13H9ClF2N2O2. The topological polar surface area (TPSA) is 55.2 Å². The number of halogens is 3. The van der Waals surface area contributed by atoms with Crippen molar-refractivity contribution < 1.29 is 13.7 Å². The number of benzene rings is 2. The maximum absolute atomic E-state index is 13.4. The van der Waals surface area contributed by atoms with Gasteiger partial charge in [0.15, 0.2) is 0 Å². The van der Waals surface area contributed by atoms with E-state index < -0.39 is 16.6 Å². The Balaban J connectivity index is 2.30. The summed E-state index contributed by atoms with van der Waals surface area (Å²) in [5.74, 6) is -1.56. The Bertz CT molecular complexity index is 645. The van der Waals surface area contributed by atoms with Crippen LogP contribution in [0.2, 0.25) is 5.02 Å². The number of nitro benzene ring substituents is 1. The van der Waals surface area contributed by atoms with Crippen molar-refractivity contribution in [2.75, 3.05) is 5.32 Å². The first-order valence-electron chi connectivity index (χ1n) is 5.60. The Labute approximate surface area is 118 Å². The zero-order valence-corrected chi connectivity index (χ0v) is 10.8. The molecule has 4 nitrogen and oxygen atoms in total. The molecule has 0 bridgehead atoms. The van der Waals surface area contributed by atoms with Crippen LogP contribution in [-0.4, -0.2) is 4.92 Å². The van der Waals surface area contributed by atoms with Gasteiger partial charge in [-0.2, -0.15) is 0 Å². The van der Waals surface area contributed by atoms with Gasteiger partial charge in [-0.1, -0.05) is 23.7 Å². The van der Waals surface area contributed by atoms with Gasteiger partial charge in [0.2, 0.25) is 0 Å². The van der Waals surface area contributed by atoms with Crippen molar-refractivity contribution in [3.63, 3.8) is 0 Å². The van der Waals surface area contributed by atoms with Crippen molar-refractivity contribution in [2.45, 2.75) is 6.54 Å². The lowest BCUT2D eigenvalue weighted by atomic mass is 10.1. The number of nitrogens with zero attached hydrogens (tertiary/aromatic N) is 1. The van der Waals surface area contributed by atoms with Gasteiger partial charge in [-0.25, -0.2) is 8.78 Å². The average Bonchev–Trinajstić information content (AvgIpc) is 2.39. The lowest BCUT2D eigenvalue weighted by molar-refractivity contribution is -0.385. The third-order valence-electron chi connectivity index (χ3n) is 2.70. The molecule has 2 aromatic carbocycles. The summed E-state index contributed by atoms with van der Waals surface area (Å²) < 4.78 is 26.9. The molecule has 0 unspecified atom stereocenters. The average molecular weight is 299 g/mol. The highest BCUT2D eigenvalue weighted by Crippen LogP contribution is 2.28. The van der Waals surface area contributed by atoms with Gasteiger partial charge < -0.3 is 5.32 Å². The first kappa shape index (κ1) is 14.2. The molecule has 0 heterocycles. The summed E-state index contributed by atoms with van der Waals surface area (Å²) in [5, 5.41) is 13.5. The molecule has 0 saturated carbocycles. The molecule has 0 aliphatic rings. The normalized spacial score (nSPS) is 10.3. The standard InChI is InChI=1S/C13H9ClF2N2O2/c14-9-3-1-6-12(18(19)20)8(9)7-17-13-10(15)4-2-5-11(13)16/h1-6,17H,7H2. The van der Waals surface area contributed by atoms with Gasteiger partial charge >= 0.3 is 0 Å². The second-order valence-corrected chi connectivity index (χ2v) is 4.35. The van der Waals surface area contributed by atoms with Crippen LogP contribution < -0.4 is 5.32 Å². The molecule has 7 heteroatoms. The molecule has 0 saturated heterocycles. The first-order valence-corrected chi connectivity index (χ1v) is 5.98. The van der Waals surface area contributed by atoms with Crippen molar-refractivity contribution in [3.8, 4) is 0 Å². The van der Waals surface area contributed by atoms with Crippen molar-refractivity contribution in [1.29, 1.82) is 0 Å². The number of anilines is 1. The Morgan fingerprint density at radius 1 is 1.15 bits per heavy atom. The Kier molecular flexibility index (Phi) is 4.14. The summed E-state index contributed by atoms with van der Waals surface area (Å²) in [6, 6.07) is 7.60. The second-order valence-electron chi connectivity index (χ2n) is 3.94. The fraction of sp³-hybridized carbons (Fsp3) is 0.0769. The minimum Gasteiger partial charge on any atom is -0.376 e. The van der Waals surface area contributed by atoms with E-state index in [0.717, 1.165) is 12.1 Å². The van der Waals surface area contributed by atoms with E-state index in [2.05, 4.69) is 5.32 Å². The van der Waals surface area contributed by atoms with Crippen molar-refractivity contribution in [3.05, 3.63) is 68.7 Å². The highest BCUT2D eigenvalue weighted by molar-refractivity contribution is 6.31. The highest BCUT2D eigenvalue weighted by Gasteiger charge is 2.17. The van der Waals surface area contributed by atoms with Gasteiger partial charge in [0.05, 0.1) is 15.5 Å². The minimum atomic E-state index is -0.778. The van der Waals surface area contributed by atoms with Gasteiger partial charge in [0.25, 0.3) is 5.69 Å². The van der Waals surface area contributed by atoms with Crippen LogP contribution in [0.15, 0.2) is 36.4 Å². The van der Waals surface area contributed by atoms with E-state index in [4.69, 9.17) is 11.6 Å². The SMILES string of the molecule is O=[N+]([O-])c1cccc(Cl)c1CNc1c(F)cccc1F. The zero-order chi connectivity index (χ0) is 14.7. The molecule has 1 N–H and O–H groups in total. The zero-order valence-electron chi connectivity index (χ0n) is 10.1.